The zero-order valence-corrected chi connectivity index (χ0v) is 14.3. The Labute approximate surface area is 145 Å². The quantitative estimate of drug-likeness (QED) is 0.564. The molecule has 0 saturated carbocycles. The van der Waals surface area contributed by atoms with Crippen LogP contribution in [0.5, 0.6) is 0 Å². The Morgan fingerprint density at radius 1 is 0.875 bits per heavy atom. The van der Waals surface area contributed by atoms with Crippen molar-refractivity contribution in [2.45, 2.75) is 31.8 Å². The van der Waals surface area contributed by atoms with Crippen LogP contribution in [0.25, 0.3) is 0 Å². The standard InChI is InChI=1S/C12H16O2.C9H12O/c1-2-5-11(6-3-1)7-4-8-13-9-12-10-14-12;10-8-4-7-9-5-2-1-3-6-9/h1-3,5-6,12H,4,7-10H2;1-3,5-6,10H,4,7-8H2. The summed E-state index contributed by atoms with van der Waals surface area (Å²) in [4.78, 5) is 0. The molecule has 0 aliphatic carbocycles. The minimum atomic E-state index is 0.287. The maximum absolute atomic E-state index is 8.53. The average molecular weight is 328 g/mol. The first-order valence-electron chi connectivity index (χ1n) is 8.76. The second kappa shape index (κ2) is 11.8. The second-order valence-corrected chi connectivity index (χ2v) is 5.93. The van der Waals surface area contributed by atoms with Crippen molar-refractivity contribution in [1.29, 1.82) is 0 Å². The van der Waals surface area contributed by atoms with Gasteiger partial charge in [0.2, 0.25) is 0 Å². The van der Waals surface area contributed by atoms with Crippen molar-refractivity contribution in [2.75, 3.05) is 26.4 Å². The second-order valence-electron chi connectivity index (χ2n) is 5.93. The fraction of sp³-hybridized carbons (Fsp3) is 0.429. The van der Waals surface area contributed by atoms with Crippen LogP contribution in [0.3, 0.4) is 0 Å². The van der Waals surface area contributed by atoms with E-state index in [0.29, 0.717) is 6.10 Å². The van der Waals surface area contributed by atoms with Crippen molar-refractivity contribution >= 4 is 0 Å². The minimum absolute atomic E-state index is 0.287. The molecule has 3 heteroatoms. The molecule has 3 nitrogen and oxygen atoms in total. The van der Waals surface area contributed by atoms with Crippen LogP contribution < -0.4 is 0 Å². The number of aliphatic hydroxyl groups is 1. The Balaban J connectivity index is 0.000000185. The first-order chi connectivity index (χ1) is 11.9. The van der Waals surface area contributed by atoms with Crippen LogP contribution in [0.15, 0.2) is 60.7 Å². The lowest BCUT2D eigenvalue weighted by atomic mass is 10.1. The summed E-state index contributed by atoms with van der Waals surface area (Å²) in [6, 6.07) is 20.7. The van der Waals surface area contributed by atoms with Gasteiger partial charge in [0.1, 0.15) is 6.10 Å². The molecule has 0 radical (unpaired) electrons. The number of hydrogen-bond acceptors (Lipinski definition) is 3. The van der Waals surface area contributed by atoms with Gasteiger partial charge in [0.05, 0.1) is 13.2 Å². The van der Waals surface area contributed by atoms with Gasteiger partial charge in [-0.25, -0.2) is 0 Å². The lowest BCUT2D eigenvalue weighted by molar-refractivity contribution is 0.114. The van der Waals surface area contributed by atoms with Gasteiger partial charge in [0.15, 0.2) is 0 Å². The number of benzene rings is 2. The van der Waals surface area contributed by atoms with Crippen LogP contribution >= 0.6 is 0 Å². The largest absolute Gasteiger partial charge is 0.396 e. The van der Waals surface area contributed by atoms with Crippen molar-refractivity contribution < 1.29 is 14.6 Å². The van der Waals surface area contributed by atoms with Crippen LogP contribution in [0.1, 0.15) is 24.0 Å². The molecule has 0 aromatic heterocycles. The molecule has 1 fully saturated rings. The topological polar surface area (TPSA) is 42.0 Å². The highest BCUT2D eigenvalue weighted by atomic mass is 16.6. The molecular formula is C21H28O3. The first-order valence-corrected chi connectivity index (χ1v) is 8.76. The monoisotopic (exact) mass is 328 g/mol. The van der Waals surface area contributed by atoms with Gasteiger partial charge >= 0.3 is 0 Å². The van der Waals surface area contributed by atoms with E-state index in [-0.39, 0.29) is 6.61 Å². The molecule has 2 aromatic carbocycles. The summed E-state index contributed by atoms with van der Waals surface area (Å²) < 4.78 is 10.5. The van der Waals surface area contributed by atoms with Crippen molar-refractivity contribution in [1.82, 2.24) is 0 Å². The molecule has 1 N–H and O–H groups in total. The van der Waals surface area contributed by atoms with Gasteiger partial charge in [-0.3, -0.25) is 0 Å². The molecule has 0 amide bonds. The van der Waals surface area contributed by atoms with Crippen molar-refractivity contribution in [3.8, 4) is 0 Å². The molecule has 1 aliphatic rings. The molecule has 1 saturated heterocycles. The van der Waals surface area contributed by atoms with Gasteiger partial charge in [-0.05, 0) is 36.8 Å². The number of hydrogen-bond donors (Lipinski definition) is 1. The molecule has 1 heterocycles. The molecule has 0 spiro atoms. The van der Waals surface area contributed by atoms with E-state index >= 15 is 0 Å². The predicted molar refractivity (Wildman–Crippen MR) is 97.2 cm³/mol. The van der Waals surface area contributed by atoms with Gasteiger partial charge < -0.3 is 14.6 Å². The van der Waals surface area contributed by atoms with Crippen LogP contribution in [0, 0.1) is 0 Å². The van der Waals surface area contributed by atoms with E-state index in [1.807, 2.05) is 24.3 Å². The molecule has 1 aliphatic heterocycles. The average Bonchev–Trinajstić information content (AvgIpc) is 3.46. The van der Waals surface area contributed by atoms with E-state index in [1.54, 1.807) is 0 Å². The highest BCUT2D eigenvalue weighted by Gasteiger charge is 2.21. The van der Waals surface area contributed by atoms with E-state index in [0.717, 1.165) is 45.5 Å². The molecule has 24 heavy (non-hydrogen) atoms. The summed E-state index contributed by atoms with van der Waals surface area (Å²) in [6.07, 6.45) is 4.44. The van der Waals surface area contributed by atoms with Gasteiger partial charge in [-0.2, -0.15) is 0 Å². The lowest BCUT2D eigenvalue weighted by Crippen LogP contribution is -2.03. The number of ether oxygens (including phenoxy) is 2. The molecule has 2 aromatic rings. The van der Waals surface area contributed by atoms with E-state index in [2.05, 4.69) is 36.4 Å². The van der Waals surface area contributed by atoms with Gasteiger partial charge in [0, 0.05) is 13.2 Å². The molecular weight excluding hydrogens is 300 g/mol. The minimum Gasteiger partial charge on any atom is -0.396 e. The Morgan fingerprint density at radius 3 is 1.92 bits per heavy atom. The van der Waals surface area contributed by atoms with E-state index in [4.69, 9.17) is 14.6 Å². The third-order valence-electron chi connectivity index (χ3n) is 3.77. The Kier molecular flexibility index (Phi) is 9.17. The summed E-state index contributed by atoms with van der Waals surface area (Å²) >= 11 is 0. The summed E-state index contributed by atoms with van der Waals surface area (Å²) in [7, 11) is 0. The van der Waals surface area contributed by atoms with Crippen LogP contribution in [0.2, 0.25) is 0 Å². The third-order valence-corrected chi connectivity index (χ3v) is 3.77. The van der Waals surface area contributed by atoms with Crippen LogP contribution in [-0.2, 0) is 22.3 Å². The molecule has 1 atom stereocenters. The van der Waals surface area contributed by atoms with Gasteiger partial charge in [0.25, 0.3) is 0 Å². The Morgan fingerprint density at radius 2 is 1.42 bits per heavy atom. The molecule has 1 unspecified atom stereocenters. The maximum atomic E-state index is 8.53. The summed E-state index contributed by atoms with van der Waals surface area (Å²) in [5.41, 5.74) is 2.69. The Bertz CT molecular complexity index is 523. The highest BCUT2D eigenvalue weighted by Crippen LogP contribution is 2.09. The fourth-order valence-electron chi connectivity index (χ4n) is 2.33. The normalized spacial score (nSPS) is 15.5. The van der Waals surface area contributed by atoms with E-state index in [1.165, 1.54) is 11.1 Å². The van der Waals surface area contributed by atoms with Crippen LogP contribution in [0.4, 0.5) is 0 Å². The zero-order chi connectivity index (χ0) is 16.9. The SMILES string of the molecule is OCCCc1ccccc1.c1ccc(CCCOCC2CO2)cc1. The summed E-state index contributed by atoms with van der Waals surface area (Å²) in [6.45, 7) is 2.79. The highest BCUT2D eigenvalue weighted by molar-refractivity contribution is 5.15. The van der Waals surface area contributed by atoms with E-state index < -0.39 is 0 Å². The smallest absolute Gasteiger partial charge is 0.104 e. The van der Waals surface area contributed by atoms with Gasteiger partial charge in [-0.1, -0.05) is 60.7 Å². The predicted octanol–water partition coefficient (Wildman–Crippen LogP) is 3.65. The van der Waals surface area contributed by atoms with Crippen molar-refractivity contribution in [2.24, 2.45) is 0 Å². The molecule has 130 valence electrons. The Hall–Kier alpha value is -1.68. The van der Waals surface area contributed by atoms with Gasteiger partial charge in [-0.15, -0.1) is 0 Å². The van der Waals surface area contributed by atoms with Crippen LogP contribution in [-0.4, -0.2) is 37.6 Å². The van der Waals surface area contributed by atoms with Crippen molar-refractivity contribution in [3.05, 3.63) is 71.8 Å². The lowest BCUT2D eigenvalue weighted by Gasteiger charge is -2.02. The summed E-state index contributed by atoms with van der Waals surface area (Å²) in [5, 5.41) is 8.53. The maximum Gasteiger partial charge on any atom is 0.104 e. The fourth-order valence-corrected chi connectivity index (χ4v) is 2.33. The number of aryl methyl sites for hydroxylation is 2. The molecule has 3 rings (SSSR count). The van der Waals surface area contributed by atoms with Crippen molar-refractivity contribution in [3.63, 3.8) is 0 Å². The number of epoxide rings is 1. The van der Waals surface area contributed by atoms with E-state index in [9.17, 15) is 0 Å². The summed E-state index contributed by atoms with van der Waals surface area (Å²) in [5.74, 6) is 0. The molecule has 0 bridgehead atoms. The number of rotatable bonds is 9. The third kappa shape index (κ3) is 8.82. The number of aliphatic hydroxyl groups excluding tert-OH is 1. The first kappa shape index (κ1) is 18.7. The zero-order valence-electron chi connectivity index (χ0n) is 14.3.